The lowest BCUT2D eigenvalue weighted by molar-refractivity contribution is -0.139. The predicted octanol–water partition coefficient (Wildman–Crippen LogP) is 2.92. The second kappa shape index (κ2) is 7.74. The number of ether oxygens (including phenoxy) is 1. The molecule has 2 fully saturated rings. The fraction of sp³-hybridized carbons (Fsp3) is 0.304. The summed E-state index contributed by atoms with van der Waals surface area (Å²) in [7, 11) is 0. The van der Waals surface area contributed by atoms with Crippen molar-refractivity contribution in [2.45, 2.75) is 33.1 Å². The number of amides is 3. The molecule has 0 spiro atoms. The number of carbonyl (C=O) groups is 4. The van der Waals surface area contributed by atoms with Gasteiger partial charge in [-0.25, -0.2) is 0 Å². The third kappa shape index (κ3) is 3.70. The Bertz CT molecular complexity index is 1050. The van der Waals surface area contributed by atoms with E-state index in [9.17, 15) is 19.2 Å². The van der Waals surface area contributed by atoms with Crippen molar-refractivity contribution in [3.05, 3.63) is 53.6 Å². The van der Waals surface area contributed by atoms with Gasteiger partial charge in [-0.15, -0.1) is 0 Å². The van der Waals surface area contributed by atoms with Crippen molar-refractivity contribution in [2.75, 3.05) is 16.3 Å². The Labute approximate surface area is 174 Å². The topological polar surface area (TPSA) is 84.0 Å². The van der Waals surface area contributed by atoms with Crippen molar-refractivity contribution in [1.82, 2.24) is 0 Å². The van der Waals surface area contributed by atoms with Gasteiger partial charge in [0.05, 0.1) is 11.6 Å². The van der Waals surface area contributed by atoms with Gasteiger partial charge in [0.1, 0.15) is 5.75 Å². The molecule has 1 atom stereocenters. The maximum Gasteiger partial charge on any atom is 0.316 e. The van der Waals surface area contributed by atoms with E-state index in [-0.39, 0.29) is 49.3 Å². The number of nitrogens with zero attached hydrogens (tertiary/aromatic N) is 2. The number of hydrogen-bond donors (Lipinski definition) is 0. The molecule has 0 bridgehead atoms. The summed E-state index contributed by atoms with van der Waals surface area (Å²) in [4.78, 5) is 51.7. The van der Waals surface area contributed by atoms with Gasteiger partial charge in [-0.3, -0.25) is 24.1 Å². The molecule has 2 heterocycles. The normalized spacial score (nSPS) is 19.0. The number of carbonyl (C=O) groups excluding carboxylic acids is 4. The molecule has 3 amide bonds. The van der Waals surface area contributed by atoms with Crippen LogP contribution in [0.15, 0.2) is 42.5 Å². The molecule has 2 aromatic rings. The summed E-state index contributed by atoms with van der Waals surface area (Å²) in [5.41, 5.74) is 3.36. The summed E-state index contributed by atoms with van der Waals surface area (Å²) in [5, 5.41) is 0. The molecule has 2 aliphatic heterocycles. The zero-order valence-electron chi connectivity index (χ0n) is 16.9. The third-order valence-electron chi connectivity index (χ3n) is 5.61. The van der Waals surface area contributed by atoms with Gasteiger partial charge in [0.25, 0.3) is 0 Å². The first-order chi connectivity index (χ1) is 14.3. The number of hydrogen-bond acceptors (Lipinski definition) is 5. The van der Waals surface area contributed by atoms with Crippen molar-refractivity contribution in [3.63, 3.8) is 0 Å². The fourth-order valence-corrected chi connectivity index (χ4v) is 3.76. The lowest BCUT2D eigenvalue weighted by atomic mass is 10.1. The SMILES string of the molecule is Cc1ccc(N2C[C@@H](C(=O)Oc3cccc(N4C(=O)CCC4=O)c3)CC2=O)cc1C. The molecule has 2 saturated heterocycles. The fourth-order valence-electron chi connectivity index (χ4n) is 3.76. The molecule has 7 nitrogen and oxygen atoms in total. The second-order valence-electron chi connectivity index (χ2n) is 7.72. The van der Waals surface area contributed by atoms with Crippen molar-refractivity contribution in [2.24, 2.45) is 5.92 Å². The number of imide groups is 1. The lowest BCUT2D eigenvalue weighted by Gasteiger charge is -2.18. The van der Waals surface area contributed by atoms with Gasteiger partial charge in [-0.1, -0.05) is 12.1 Å². The highest BCUT2D eigenvalue weighted by atomic mass is 16.5. The molecule has 30 heavy (non-hydrogen) atoms. The van der Waals surface area contributed by atoms with Crippen LogP contribution in [0.25, 0.3) is 0 Å². The maximum atomic E-state index is 12.7. The van der Waals surface area contributed by atoms with E-state index in [2.05, 4.69) is 0 Å². The predicted molar refractivity (Wildman–Crippen MR) is 110 cm³/mol. The van der Waals surface area contributed by atoms with Gasteiger partial charge in [-0.05, 0) is 49.2 Å². The third-order valence-corrected chi connectivity index (χ3v) is 5.61. The molecular weight excluding hydrogens is 384 g/mol. The number of aryl methyl sites for hydroxylation is 2. The van der Waals surface area contributed by atoms with Gasteiger partial charge in [-0.2, -0.15) is 0 Å². The van der Waals surface area contributed by atoms with Gasteiger partial charge >= 0.3 is 5.97 Å². The minimum absolute atomic E-state index is 0.0779. The Morgan fingerprint density at radius 2 is 1.63 bits per heavy atom. The summed E-state index contributed by atoms with van der Waals surface area (Å²) in [6.07, 6.45) is 0.442. The molecule has 2 aliphatic rings. The molecule has 2 aromatic carbocycles. The Balaban J connectivity index is 1.46. The maximum absolute atomic E-state index is 12.7. The molecule has 154 valence electrons. The molecule has 0 saturated carbocycles. The summed E-state index contributed by atoms with van der Waals surface area (Å²) < 4.78 is 5.48. The van der Waals surface area contributed by atoms with Crippen molar-refractivity contribution in [1.29, 1.82) is 0 Å². The highest BCUT2D eigenvalue weighted by molar-refractivity contribution is 6.19. The number of esters is 1. The van der Waals surface area contributed by atoms with Crippen LogP contribution in [0.1, 0.15) is 30.4 Å². The quantitative estimate of drug-likeness (QED) is 0.443. The van der Waals surface area contributed by atoms with E-state index in [1.165, 1.54) is 6.07 Å². The first-order valence-corrected chi connectivity index (χ1v) is 9.88. The van der Waals surface area contributed by atoms with Crippen LogP contribution in [0.4, 0.5) is 11.4 Å². The zero-order valence-corrected chi connectivity index (χ0v) is 16.9. The zero-order chi connectivity index (χ0) is 21.4. The van der Waals surface area contributed by atoms with Crippen molar-refractivity contribution < 1.29 is 23.9 Å². The Kier molecular flexibility index (Phi) is 5.11. The van der Waals surface area contributed by atoms with Crippen LogP contribution in [0, 0.1) is 19.8 Å². The molecule has 0 radical (unpaired) electrons. The molecule has 0 N–H and O–H groups in total. The summed E-state index contributed by atoms with van der Waals surface area (Å²) >= 11 is 0. The van der Waals surface area contributed by atoms with E-state index in [4.69, 9.17) is 4.74 Å². The smallest absolute Gasteiger partial charge is 0.316 e. The first kappa shape index (κ1) is 19.8. The molecule has 7 heteroatoms. The average Bonchev–Trinajstić information content (AvgIpc) is 3.26. The minimum atomic E-state index is -0.585. The summed E-state index contributed by atoms with van der Waals surface area (Å²) in [6.45, 7) is 4.24. The number of benzene rings is 2. The molecular formula is C23H22N2O5. The average molecular weight is 406 g/mol. The molecule has 0 aliphatic carbocycles. The largest absolute Gasteiger partial charge is 0.426 e. The summed E-state index contributed by atoms with van der Waals surface area (Å²) in [5.74, 6) is -1.52. The Hall–Kier alpha value is -3.48. The minimum Gasteiger partial charge on any atom is -0.426 e. The van der Waals surface area contributed by atoms with E-state index in [1.54, 1.807) is 23.1 Å². The number of rotatable bonds is 4. The Morgan fingerprint density at radius 3 is 2.33 bits per heavy atom. The standard InChI is InChI=1S/C23H22N2O5/c1-14-6-7-17(10-15(14)2)24-13-16(11-22(24)28)23(29)30-19-5-3-4-18(12-19)25-20(26)8-9-21(25)27/h3-7,10,12,16H,8-9,11,13H2,1-2H3/t16-/m0/s1. The Morgan fingerprint density at radius 1 is 0.900 bits per heavy atom. The van der Waals surface area contributed by atoms with Gasteiger partial charge < -0.3 is 9.64 Å². The van der Waals surface area contributed by atoms with E-state index < -0.39 is 11.9 Å². The number of anilines is 2. The summed E-state index contributed by atoms with van der Waals surface area (Å²) in [6, 6.07) is 12.1. The molecule has 0 aromatic heterocycles. The molecule has 4 rings (SSSR count). The van der Waals surface area contributed by atoms with Gasteiger partial charge in [0, 0.05) is 37.6 Å². The van der Waals surface area contributed by atoms with Crippen LogP contribution in [0.3, 0.4) is 0 Å². The van der Waals surface area contributed by atoms with Crippen LogP contribution in [-0.2, 0) is 19.2 Å². The van der Waals surface area contributed by atoms with Crippen LogP contribution in [-0.4, -0.2) is 30.2 Å². The van der Waals surface area contributed by atoms with Gasteiger partial charge in [0.2, 0.25) is 17.7 Å². The van der Waals surface area contributed by atoms with E-state index in [0.29, 0.717) is 5.69 Å². The van der Waals surface area contributed by atoms with E-state index in [0.717, 1.165) is 21.7 Å². The van der Waals surface area contributed by atoms with E-state index in [1.807, 2.05) is 32.0 Å². The second-order valence-corrected chi connectivity index (χ2v) is 7.72. The van der Waals surface area contributed by atoms with Crippen LogP contribution in [0.5, 0.6) is 5.75 Å². The van der Waals surface area contributed by atoms with Crippen molar-refractivity contribution in [3.8, 4) is 5.75 Å². The van der Waals surface area contributed by atoms with Crippen LogP contribution < -0.4 is 14.5 Å². The monoisotopic (exact) mass is 406 g/mol. The highest BCUT2D eigenvalue weighted by Crippen LogP contribution is 2.30. The van der Waals surface area contributed by atoms with E-state index >= 15 is 0 Å². The van der Waals surface area contributed by atoms with Gasteiger partial charge in [0.15, 0.2) is 0 Å². The van der Waals surface area contributed by atoms with Crippen molar-refractivity contribution >= 4 is 35.1 Å². The lowest BCUT2D eigenvalue weighted by Crippen LogP contribution is -2.29. The highest BCUT2D eigenvalue weighted by Gasteiger charge is 2.37. The van der Waals surface area contributed by atoms with Crippen LogP contribution in [0.2, 0.25) is 0 Å². The molecule has 0 unspecified atom stereocenters. The first-order valence-electron chi connectivity index (χ1n) is 9.88. The van der Waals surface area contributed by atoms with Crippen LogP contribution >= 0.6 is 0 Å².